The fraction of sp³-hybridized carbons (Fsp3) is 0.500. The first-order chi connectivity index (χ1) is 7.74. The van der Waals surface area contributed by atoms with Crippen LogP contribution in [-0.2, 0) is 6.54 Å². The minimum atomic E-state index is -0.497. The normalized spacial score (nSPS) is 17.3. The van der Waals surface area contributed by atoms with Crippen LogP contribution in [0, 0.1) is 11.6 Å². The Balaban J connectivity index is 0.00000144. The summed E-state index contributed by atoms with van der Waals surface area (Å²) < 4.78 is 26.0. The van der Waals surface area contributed by atoms with Gasteiger partial charge < -0.3 is 5.32 Å². The molecule has 1 heterocycles. The van der Waals surface area contributed by atoms with Crippen LogP contribution in [-0.4, -0.2) is 31.1 Å². The molecule has 1 N–H and O–H groups in total. The molecule has 0 amide bonds. The highest BCUT2D eigenvalue weighted by atomic mass is 35.5. The molecule has 1 aromatic rings. The van der Waals surface area contributed by atoms with E-state index in [0.29, 0.717) is 12.1 Å². The summed E-state index contributed by atoms with van der Waals surface area (Å²) in [5.74, 6) is -0.995. The molecule has 0 unspecified atom stereocenters. The molecule has 1 aromatic carbocycles. The summed E-state index contributed by atoms with van der Waals surface area (Å²) in [6.07, 6.45) is 1.08. The zero-order valence-electron chi connectivity index (χ0n) is 9.59. The number of hydrogen-bond donors (Lipinski definition) is 1. The highest BCUT2D eigenvalue weighted by molar-refractivity contribution is 5.85. The SMILES string of the molecule is Cl.Fc1cc(F)cc(CN2CCCNCC2)c1. The summed E-state index contributed by atoms with van der Waals surface area (Å²) >= 11 is 0. The third kappa shape index (κ3) is 4.58. The number of halogens is 3. The first-order valence-electron chi connectivity index (χ1n) is 5.62. The molecule has 1 saturated heterocycles. The van der Waals surface area contributed by atoms with Gasteiger partial charge in [0.25, 0.3) is 0 Å². The van der Waals surface area contributed by atoms with E-state index in [2.05, 4.69) is 10.2 Å². The Morgan fingerprint density at radius 2 is 1.76 bits per heavy atom. The van der Waals surface area contributed by atoms with Crippen LogP contribution in [0.2, 0.25) is 0 Å². The van der Waals surface area contributed by atoms with Gasteiger partial charge >= 0.3 is 0 Å². The van der Waals surface area contributed by atoms with Crippen LogP contribution in [0.25, 0.3) is 0 Å². The topological polar surface area (TPSA) is 15.3 Å². The van der Waals surface area contributed by atoms with Crippen LogP contribution >= 0.6 is 12.4 Å². The largest absolute Gasteiger partial charge is 0.315 e. The van der Waals surface area contributed by atoms with Gasteiger partial charge in [0.1, 0.15) is 11.6 Å². The van der Waals surface area contributed by atoms with Crippen molar-refractivity contribution < 1.29 is 8.78 Å². The van der Waals surface area contributed by atoms with Gasteiger partial charge in [-0.25, -0.2) is 8.78 Å². The average Bonchev–Trinajstić information content (AvgIpc) is 2.44. The Hall–Kier alpha value is -0.710. The van der Waals surface area contributed by atoms with Gasteiger partial charge in [-0.15, -0.1) is 12.4 Å². The van der Waals surface area contributed by atoms with Gasteiger partial charge in [-0.05, 0) is 37.2 Å². The van der Waals surface area contributed by atoms with E-state index in [1.165, 1.54) is 12.1 Å². The molecule has 0 saturated carbocycles. The lowest BCUT2D eigenvalue weighted by Gasteiger charge is -2.19. The van der Waals surface area contributed by atoms with Crippen molar-refractivity contribution in [3.8, 4) is 0 Å². The van der Waals surface area contributed by atoms with E-state index in [9.17, 15) is 8.78 Å². The van der Waals surface area contributed by atoms with Crippen LogP contribution in [0.4, 0.5) is 8.78 Å². The Morgan fingerprint density at radius 3 is 2.47 bits per heavy atom. The molecule has 1 aliphatic heterocycles. The Labute approximate surface area is 106 Å². The van der Waals surface area contributed by atoms with E-state index in [0.717, 1.165) is 38.7 Å². The molecular formula is C12H17ClF2N2. The second-order valence-corrected chi connectivity index (χ2v) is 4.16. The molecule has 0 spiro atoms. The van der Waals surface area contributed by atoms with Crippen LogP contribution < -0.4 is 5.32 Å². The van der Waals surface area contributed by atoms with Crippen LogP contribution in [0.15, 0.2) is 18.2 Å². The first-order valence-corrected chi connectivity index (χ1v) is 5.62. The lowest BCUT2D eigenvalue weighted by Crippen LogP contribution is -2.27. The fourth-order valence-corrected chi connectivity index (χ4v) is 2.02. The van der Waals surface area contributed by atoms with Crippen molar-refractivity contribution in [2.24, 2.45) is 0 Å². The third-order valence-electron chi connectivity index (χ3n) is 2.76. The standard InChI is InChI=1S/C12H16F2N2.ClH/c13-11-6-10(7-12(14)8-11)9-16-4-1-2-15-3-5-16;/h6-8,15H,1-5,9H2;1H. The summed E-state index contributed by atoms with van der Waals surface area (Å²) in [4.78, 5) is 2.22. The van der Waals surface area contributed by atoms with Gasteiger partial charge in [0, 0.05) is 25.7 Å². The van der Waals surface area contributed by atoms with E-state index in [1.54, 1.807) is 0 Å². The van der Waals surface area contributed by atoms with Gasteiger partial charge in [-0.1, -0.05) is 0 Å². The molecule has 17 heavy (non-hydrogen) atoms. The lowest BCUT2D eigenvalue weighted by molar-refractivity contribution is 0.283. The zero-order valence-corrected chi connectivity index (χ0v) is 10.4. The predicted molar refractivity (Wildman–Crippen MR) is 66.4 cm³/mol. The smallest absolute Gasteiger partial charge is 0.126 e. The van der Waals surface area contributed by atoms with E-state index >= 15 is 0 Å². The molecule has 5 heteroatoms. The van der Waals surface area contributed by atoms with Gasteiger partial charge in [-0.3, -0.25) is 4.90 Å². The van der Waals surface area contributed by atoms with E-state index in [4.69, 9.17) is 0 Å². The van der Waals surface area contributed by atoms with Crippen molar-refractivity contribution in [3.63, 3.8) is 0 Å². The second kappa shape index (κ2) is 6.89. The molecule has 0 aliphatic carbocycles. The maximum atomic E-state index is 13.0. The number of benzene rings is 1. The molecule has 2 rings (SSSR count). The van der Waals surface area contributed by atoms with E-state index in [1.807, 2.05) is 0 Å². The Bertz CT molecular complexity index is 332. The predicted octanol–water partition coefficient (Wildman–Crippen LogP) is 2.18. The Kier molecular flexibility index (Phi) is 5.82. The second-order valence-electron chi connectivity index (χ2n) is 4.16. The fourth-order valence-electron chi connectivity index (χ4n) is 2.02. The zero-order chi connectivity index (χ0) is 11.4. The monoisotopic (exact) mass is 262 g/mol. The molecule has 0 bridgehead atoms. The Morgan fingerprint density at radius 1 is 1.06 bits per heavy atom. The lowest BCUT2D eigenvalue weighted by atomic mass is 10.2. The molecule has 0 radical (unpaired) electrons. The molecule has 1 fully saturated rings. The van der Waals surface area contributed by atoms with Gasteiger partial charge in [0.15, 0.2) is 0 Å². The van der Waals surface area contributed by atoms with Crippen molar-refractivity contribution in [1.82, 2.24) is 10.2 Å². The van der Waals surface area contributed by atoms with Gasteiger partial charge in [0.05, 0.1) is 0 Å². The van der Waals surface area contributed by atoms with Crippen LogP contribution in [0.5, 0.6) is 0 Å². The van der Waals surface area contributed by atoms with Gasteiger partial charge in [0.2, 0.25) is 0 Å². The summed E-state index contributed by atoms with van der Waals surface area (Å²) in [5, 5.41) is 3.30. The highest BCUT2D eigenvalue weighted by Gasteiger charge is 2.10. The quantitative estimate of drug-likeness (QED) is 0.879. The number of hydrogen-bond acceptors (Lipinski definition) is 2. The molecular weight excluding hydrogens is 246 g/mol. The van der Waals surface area contributed by atoms with Crippen molar-refractivity contribution in [1.29, 1.82) is 0 Å². The minimum Gasteiger partial charge on any atom is -0.315 e. The summed E-state index contributed by atoms with van der Waals surface area (Å²) in [6, 6.07) is 3.72. The molecule has 0 atom stereocenters. The highest BCUT2D eigenvalue weighted by Crippen LogP contribution is 2.11. The summed E-state index contributed by atoms with van der Waals surface area (Å²) in [5.41, 5.74) is 0.708. The average molecular weight is 263 g/mol. The van der Waals surface area contributed by atoms with E-state index in [-0.39, 0.29) is 12.4 Å². The number of nitrogens with zero attached hydrogens (tertiary/aromatic N) is 1. The van der Waals surface area contributed by atoms with Crippen LogP contribution in [0.1, 0.15) is 12.0 Å². The minimum absolute atomic E-state index is 0. The maximum Gasteiger partial charge on any atom is 0.126 e. The summed E-state index contributed by atoms with van der Waals surface area (Å²) in [6.45, 7) is 4.49. The molecule has 1 aliphatic rings. The number of nitrogens with one attached hydrogen (secondary N) is 1. The molecule has 2 nitrogen and oxygen atoms in total. The third-order valence-corrected chi connectivity index (χ3v) is 2.76. The molecule has 96 valence electrons. The van der Waals surface area contributed by atoms with Gasteiger partial charge in [-0.2, -0.15) is 0 Å². The van der Waals surface area contributed by atoms with Crippen molar-refractivity contribution in [2.45, 2.75) is 13.0 Å². The summed E-state index contributed by atoms with van der Waals surface area (Å²) in [7, 11) is 0. The maximum absolute atomic E-state index is 13.0. The molecule has 0 aromatic heterocycles. The van der Waals surface area contributed by atoms with Crippen molar-refractivity contribution in [2.75, 3.05) is 26.2 Å². The van der Waals surface area contributed by atoms with Crippen molar-refractivity contribution >= 4 is 12.4 Å². The van der Waals surface area contributed by atoms with E-state index < -0.39 is 11.6 Å². The van der Waals surface area contributed by atoms with Crippen LogP contribution in [0.3, 0.4) is 0 Å². The number of rotatable bonds is 2. The first kappa shape index (κ1) is 14.4. The van der Waals surface area contributed by atoms with Crippen molar-refractivity contribution in [3.05, 3.63) is 35.4 Å².